The molecule has 3 amide bonds. The summed E-state index contributed by atoms with van der Waals surface area (Å²) in [6.45, 7) is 2.48. The summed E-state index contributed by atoms with van der Waals surface area (Å²) >= 11 is 5.93. The normalized spacial score (nSPS) is 17.5. The Bertz CT molecular complexity index is 591. The number of benzene rings is 1. The third-order valence-corrected chi connectivity index (χ3v) is 3.65. The van der Waals surface area contributed by atoms with E-state index in [1.165, 1.54) is 6.92 Å². The molecular formula is C15H18ClN3O3. The molecule has 0 aromatic heterocycles. The lowest BCUT2D eigenvalue weighted by atomic mass is 10.1. The van der Waals surface area contributed by atoms with Gasteiger partial charge in [0.1, 0.15) is 0 Å². The number of rotatable bonds is 5. The van der Waals surface area contributed by atoms with E-state index in [2.05, 4.69) is 10.6 Å². The molecule has 1 aromatic carbocycles. The van der Waals surface area contributed by atoms with Gasteiger partial charge in [0.15, 0.2) is 0 Å². The second-order valence-electron chi connectivity index (χ2n) is 5.16. The topological polar surface area (TPSA) is 78.5 Å². The van der Waals surface area contributed by atoms with Crippen molar-refractivity contribution in [3.63, 3.8) is 0 Å². The third kappa shape index (κ3) is 4.21. The van der Waals surface area contributed by atoms with Crippen molar-refractivity contribution in [3.05, 3.63) is 29.3 Å². The fourth-order valence-corrected chi connectivity index (χ4v) is 2.53. The van der Waals surface area contributed by atoms with Gasteiger partial charge in [-0.15, -0.1) is 0 Å². The molecule has 7 heteroatoms. The van der Waals surface area contributed by atoms with Crippen LogP contribution in [0.3, 0.4) is 0 Å². The van der Waals surface area contributed by atoms with E-state index in [1.807, 2.05) is 0 Å². The van der Waals surface area contributed by atoms with Gasteiger partial charge >= 0.3 is 0 Å². The van der Waals surface area contributed by atoms with Gasteiger partial charge in [-0.2, -0.15) is 0 Å². The number of carbonyl (C=O) groups is 3. The lowest BCUT2D eigenvalue weighted by Gasteiger charge is -2.17. The molecule has 2 N–H and O–H groups in total. The maximum absolute atomic E-state index is 12.1. The second kappa shape index (κ2) is 7.26. The summed E-state index contributed by atoms with van der Waals surface area (Å²) in [5.41, 5.74) is 0.700. The molecule has 22 heavy (non-hydrogen) atoms. The van der Waals surface area contributed by atoms with Crippen molar-refractivity contribution in [2.45, 2.75) is 13.3 Å². The SMILES string of the molecule is CC(=O)NCCNC(=O)[C@H]1CC(=O)N(c2cccc(Cl)c2)C1. The van der Waals surface area contributed by atoms with E-state index in [0.29, 0.717) is 30.3 Å². The fourth-order valence-electron chi connectivity index (χ4n) is 2.35. The van der Waals surface area contributed by atoms with Crippen LogP contribution in [0.1, 0.15) is 13.3 Å². The molecule has 0 unspecified atom stereocenters. The highest BCUT2D eigenvalue weighted by molar-refractivity contribution is 6.30. The van der Waals surface area contributed by atoms with Gasteiger partial charge in [-0.05, 0) is 18.2 Å². The van der Waals surface area contributed by atoms with Gasteiger partial charge < -0.3 is 15.5 Å². The van der Waals surface area contributed by atoms with Crippen LogP contribution in [0.4, 0.5) is 5.69 Å². The predicted octanol–water partition coefficient (Wildman–Crippen LogP) is 0.945. The Morgan fingerprint density at radius 2 is 2.05 bits per heavy atom. The fraction of sp³-hybridized carbons (Fsp3) is 0.400. The molecule has 1 saturated heterocycles. The summed E-state index contributed by atoms with van der Waals surface area (Å²) in [4.78, 5) is 36.4. The van der Waals surface area contributed by atoms with Gasteiger partial charge in [0.2, 0.25) is 17.7 Å². The van der Waals surface area contributed by atoms with Crippen LogP contribution in [0.5, 0.6) is 0 Å². The minimum atomic E-state index is -0.385. The molecular weight excluding hydrogens is 306 g/mol. The summed E-state index contributed by atoms with van der Waals surface area (Å²) in [7, 11) is 0. The predicted molar refractivity (Wildman–Crippen MR) is 83.6 cm³/mol. The zero-order valence-electron chi connectivity index (χ0n) is 12.3. The summed E-state index contributed by atoms with van der Waals surface area (Å²) in [6, 6.07) is 7.00. The number of halogens is 1. The molecule has 2 rings (SSSR count). The van der Waals surface area contributed by atoms with Crippen LogP contribution in [-0.4, -0.2) is 37.4 Å². The maximum Gasteiger partial charge on any atom is 0.227 e. The van der Waals surface area contributed by atoms with Crippen molar-refractivity contribution >= 4 is 35.0 Å². The first-order valence-electron chi connectivity index (χ1n) is 7.05. The zero-order chi connectivity index (χ0) is 16.1. The van der Waals surface area contributed by atoms with E-state index in [9.17, 15) is 14.4 Å². The lowest BCUT2D eigenvalue weighted by Crippen LogP contribution is -2.37. The van der Waals surface area contributed by atoms with E-state index in [1.54, 1.807) is 29.2 Å². The molecule has 0 saturated carbocycles. The summed E-state index contributed by atoms with van der Waals surface area (Å²) in [5, 5.41) is 5.87. The van der Waals surface area contributed by atoms with Gasteiger partial charge in [-0.25, -0.2) is 0 Å². The standard InChI is InChI=1S/C15H18ClN3O3/c1-10(20)17-5-6-18-15(22)11-7-14(21)19(9-11)13-4-2-3-12(16)8-13/h2-4,8,11H,5-7,9H2,1H3,(H,17,20)(H,18,22)/t11-/m0/s1. The third-order valence-electron chi connectivity index (χ3n) is 3.41. The van der Waals surface area contributed by atoms with Crippen molar-refractivity contribution in [2.24, 2.45) is 5.92 Å². The number of carbonyl (C=O) groups excluding carboxylic acids is 3. The Labute approximate surface area is 133 Å². The minimum absolute atomic E-state index is 0.0933. The molecule has 0 spiro atoms. The van der Waals surface area contributed by atoms with Crippen molar-refractivity contribution in [3.8, 4) is 0 Å². The number of nitrogens with one attached hydrogen (secondary N) is 2. The van der Waals surface area contributed by atoms with Gasteiger partial charge in [-0.3, -0.25) is 14.4 Å². The monoisotopic (exact) mass is 323 g/mol. The van der Waals surface area contributed by atoms with Gasteiger partial charge in [0, 0.05) is 43.7 Å². The molecule has 0 bridgehead atoms. The zero-order valence-corrected chi connectivity index (χ0v) is 13.0. The lowest BCUT2D eigenvalue weighted by molar-refractivity contribution is -0.126. The number of amides is 3. The summed E-state index contributed by atoms with van der Waals surface area (Å²) in [5.74, 6) is -0.797. The van der Waals surface area contributed by atoms with Crippen LogP contribution in [-0.2, 0) is 14.4 Å². The van der Waals surface area contributed by atoms with Crippen LogP contribution in [0.25, 0.3) is 0 Å². The van der Waals surface area contributed by atoms with E-state index in [0.717, 1.165) is 0 Å². The van der Waals surface area contributed by atoms with Crippen molar-refractivity contribution in [1.82, 2.24) is 10.6 Å². The minimum Gasteiger partial charge on any atom is -0.355 e. The molecule has 118 valence electrons. The van der Waals surface area contributed by atoms with Crippen LogP contribution in [0.15, 0.2) is 24.3 Å². The van der Waals surface area contributed by atoms with Gasteiger partial charge in [0.05, 0.1) is 5.92 Å². The number of hydrogen-bond acceptors (Lipinski definition) is 3. The molecule has 1 aromatic rings. The smallest absolute Gasteiger partial charge is 0.227 e. The highest BCUT2D eigenvalue weighted by atomic mass is 35.5. The Morgan fingerprint density at radius 3 is 2.73 bits per heavy atom. The highest BCUT2D eigenvalue weighted by Gasteiger charge is 2.34. The summed E-state index contributed by atoms with van der Waals surface area (Å²) < 4.78 is 0. The van der Waals surface area contributed by atoms with Crippen molar-refractivity contribution < 1.29 is 14.4 Å². The Balaban J connectivity index is 1.89. The molecule has 0 aliphatic carbocycles. The first kappa shape index (κ1) is 16.3. The van der Waals surface area contributed by atoms with E-state index in [-0.39, 0.29) is 30.1 Å². The van der Waals surface area contributed by atoms with Crippen LogP contribution >= 0.6 is 11.6 Å². The quantitative estimate of drug-likeness (QED) is 0.792. The van der Waals surface area contributed by atoms with Crippen LogP contribution in [0.2, 0.25) is 5.02 Å². The first-order chi connectivity index (χ1) is 10.5. The average Bonchev–Trinajstić information content (AvgIpc) is 2.85. The van der Waals surface area contributed by atoms with Crippen molar-refractivity contribution in [1.29, 1.82) is 0 Å². The largest absolute Gasteiger partial charge is 0.355 e. The molecule has 1 atom stereocenters. The molecule has 0 radical (unpaired) electrons. The summed E-state index contributed by atoms with van der Waals surface area (Å²) in [6.07, 6.45) is 0.179. The Morgan fingerprint density at radius 1 is 1.32 bits per heavy atom. The number of nitrogens with zero attached hydrogens (tertiary/aromatic N) is 1. The van der Waals surface area contributed by atoms with Gasteiger partial charge in [0.25, 0.3) is 0 Å². The number of anilines is 1. The van der Waals surface area contributed by atoms with Crippen molar-refractivity contribution in [2.75, 3.05) is 24.5 Å². The Hall–Kier alpha value is -2.08. The Kier molecular flexibility index (Phi) is 5.38. The van der Waals surface area contributed by atoms with Crippen LogP contribution in [0, 0.1) is 5.92 Å². The van der Waals surface area contributed by atoms with Crippen LogP contribution < -0.4 is 15.5 Å². The molecule has 1 fully saturated rings. The number of hydrogen-bond donors (Lipinski definition) is 2. The molecule has 1 heterocycles. The van der Waals surface area contributed by atoms with E-state index < -0.39 is 0 Å². The van der Waals surface area contributed by atoms with E-state index >= 15 is 0 Å². The average molecular weight is 324 g/mol. The van der Waals surface area contributed by atoms with E-state index in [4.69, 9.17) is 11.6 Å². The molecule has 1 aliphatic heterocycles. The molecule has 6 nitrogen and oxygen atoms in total. The first-order valence-corrected chi connectivity index (χ1v) is 7.43. The molecule has 1 aliphatic rings. The second-order valence-corrected chi connectivity index (χ2v) is 5.60. The maximum atomic E-state index is 12.1. The van der Waals surface area contributed by atoms with Gasteiger partial charge in [-0.1, -0.05) is 17.7 Å². The highest BCUT2D eigenvalue weighted by Crippen LogP contribution is 2.27.